The molecule has 1 atom stereocenters. The van der Waals surface area contributed by atoms with Gasteiger partial charge in [0.05, 0.1) is 6.10 Å². The van der Waals surface area contributed by atoms with Crippen LogP contribution < -0.4 is 0 Å². The maximum absolute atomic E-state index is 10.3. The SMILES string of the molecule is OC1Cc2ccccc2/C=C\c2cc(Cl)ccc21. The van der Waals surface area contributed by atoms with Crippen molar-refractivity contribution in [3.63, 3.8) is 0 Å². The van der Waals surface area contributed by atoms with Gasteiger partial charge in [-0.25, -0.2) is 0 Å². The van der Waals surface area contributed by atoms with Crippen LogP contribution in [0.5, 0.6) is 0 Å². The van der Waals surface area contributed by atoms with E-state index in [1.807, 2.05) is 36.4 Å². The topological polar surface area (TPSA) is 20.2 Å². The number of halogens is 1. The predicted octanol–water partition coefficient (Wildman–Crippen LogP) is 4.10. The Hall–Kier alpha value is -1.57. The van der Waals surface area contributed by atoms with Gasteiger partial charge in [-0.05, 0) is 34.4 Å². The van der Waals surface area contributed by atoms with Crippen LogP contribution in [-0.4, -0.2) is 5.11 Å². The van der Waals surface area contributed by atoms with Crippen LogP contribution in [-0.2, 0) is 6.42 Å². The molecule has 0 spiro atoms. The van der Waals surface area contributed by atoms with Crippen molar-refractivity contribution in [1.82, 2.24) is 0 Å². The van der Waals surface area contributed by atoms with E-state index in [1.165, 1.54) is 5.56 Å². The van der Waals surface area contributed by atoms with Crippen LogP contribution in [0.3, 0.4) is 0 Å². The average molecular weight is 257 g/mol. The third-order valence-corrected chi connectivity index (χ3v) is 3.55. The number of rotatable bonds is 0. The van der Waals surface area contributed by atoms with E-state index in [0.29, 0.717) is 11.4 Å². The summed E-state index contributed by atoms with van der Waals surface area (Å²) in [6, 6.07) is 13.8. The van der Waals surface area contributed by atoms with Crippen LogP contribution >= 0.6 is 11.6 Å². The lowest BCUT2D eigenvalue weighted by molar-refractivity contribution is 0.178. The van der Waals surface area contributed by atoms with Crippen molar-refractivity contribution < 1.29 is 5.11 Å². The van der Waals surface area contributed by atoms with E-state index in [-0.39, 0.29) is 0 Å². The number of fused-ring (bicyclic) bond motifs is 2. The van der Waals surface area contributed by atoms with E-state index in [1.54, 1.807) is 0 Å². The second-order valence-corrected chi connectivity index (χ2v) is 4.96. The van der Waals surface area contributed by atoms with Gasteiger partial charge in [-0.1, -0.05) is 54.1 Å². The first kappa shape index (κ1) is 11.5. The molecule has 1 unspecified atom stereocenters. The first-order valence-electron chi connectivity index (χ1n) is 5.97. The van der Waals surface area contributed by atoms with Gasteiger partial charge in [-0.15, -0.1) is 0 Å². The maximum atomic E-state index is 10.3. The van der Waals surface area contributed by atoms with Gasteiger partial charge < -0.3 is 5.11 Å². The number of aliphatic hydroxyl groups excluding tert-OH is 1. The van der Waals surface area contributed by atoms with E-state index < -0.39 is 6.10 Å². The van der Waals surface area contributed by atoms with E-state index in [9.17, 15) is 5.11 Å². The molecule has 3 rings (SSSR count). The molecule has 0 saturated carbocycles. The Morgan fingerprint density at radius 3 is 2.67 bits per heavy atom. The Labute approximate surface area is 111 Å². The van der Waals surface area contributed by atoms with Crippen molar-refractivity contribution in [3.8, 4) is 0 Å². The number of aliphatic hydroxyl groups is 1. The quantitative estimate of drug-likeness (QED) is 0.752. The molecule has 0 fully saturated rings. The molecule has 0 amide bonds. The predicted molar refractivity (Wildman–Crippen MR) is 75.5 cm³/mol. The molecule has 0 bridgehead atoms. The second-order valence-electron chi connectivity index (χ2n) is 4.53. The molecule has 1 aliphatic rings. The number of hydrogen-bond donors (Lipinski definition) is 1. The lowest BCUT2D eigenvalue weighted by Gasteiger charge is -2.18. The Kier molecular flexibility index (Phi) is 2.94. The molecule has 2 aromatic carbocycles. The van der Waals surface area contributed by atoms with E-state index >= 15 is 0 Å². The fraction of sp³-hybridized carbons (Fsp3) is 0.125. The zero-order chi connectivity index (χ0) is 12.5. The highest BCUT2D eigenvalue weighted by Crippen LogP contribution is 2.30. The molecule has 0 saturated heterocycles. The van der Waals surface area contributed by atoms with E-state index in [4.69, 9.17) is 11.6 Å². The Balaban J connectivity index is 2.16. The van der Waals surface area contributed by atoms with Gasteiger partial charge >= 0.3 is 0 Å². The summed E-state index contributed by atoms with van der Waals surface area (Å²) in [5.74, 6) is 0. The van der Waals surface area contributed by atoms with Crippen molar-refractivity contribution in [2.45, 2.75) is 12.5 Å². The minimum Gasteiger partial charge on any atom is -0.388 e. The third-order valence-electron chi connectivity index (χ3n) is 3.32. The smallest absolute Gasteiger partial charge is 0.0836 e. The van der Waals surface area contributed by atoms with Crippen molar-refractivity contribution >= 4 is 23.8 Å². The molecule has 1 aliphatic carbocycles. The second kappa shape index (κ2) is 4.60. The Morgan fingerprint density at radius 2 is 1.78 bits per heavy atom. The summed E-state index contributed by atoms with van der Waals surface area (Å²) in [5, 5.41) is 11.0. The van der Waals surface area contributed by atoms with Crippen LogP contribution in [0.4, 0.5) is 0 Å². The summed E-state index contributed by atoms with van der Waals surface area (Å²) < 4.78 is 0. The first-order chi connectivity index (χ1) is 8.74. The first-order valence-corrected chi connectivity index (χ1v) is 6.35. The lowest BCUT2D eigenvalue weighted by Crippen LogP contribution is -2.06. The van der Waals surface area contributed by atoms with Gasteiger partial charge in [0.25, 0.3) is 0 Å². The molecule has 0 aliphatic heterocycles. The minimum atomic E-state index is -0.483. The molecule has 0 aromatic heterocycles. The minimum absolute atomic E-state index is 0.483. The summed E-state index contributed by atoms with van der Waals surface area (Å²) in [4.78, 5) is 0. The zero-order valence-corrected chi connectivity index (χ0v) is 10.6. The summed E-state index contributed by atoms with van der Waals surface area (Å²) >= 11 is 6.00. The standard InChI is InChI=1S/C16H13ClO/c17-14-7-8-15-13(9-14)6-5-11-3-1-2-4-12(11)10-16(15)18/h1-9,16,18H,10H2/b6-5-. The highest BCUT2D eigenvalue weighted by Gasteiger charge is 2.15. The highest BCUT2D eigenvalue weighted by molar-refractivity contribution is 6.30. The largest absolute Gasteiger partial charge is 0.388 e. The van der Waals surface area contributed by atoms with Gasteiger partial charge in [0, 0.05) is 11.4 Å². The Bertz CT molecular complexity index is 616. The third kappa shape index (κ3) is 2.07. The molecular formula is C16H13ClO. The van der Waals surface area contributed by atoms with Crippen LogP contribution in [0.25, 0.3) is 12.2 Å². The van der Waals surface area contributed by atoms with Gasteiger partial charge in [0.1, 0.15) is 0 Å². The van der Waals surface area contributed by atoms with Crippen LogP contribution in [0.2, 0.25) is 5.02 Å². The van der Waals surface area contributed by atoms with Crippen LogP contribution in [0, 0.1) is 0 Å². The molecule has 0 heterocycles. The van der Waals surface area contributed by atoms with Gasteiger partial charge in [0.15, 0.2) is 0 Å². The van der Waals surface area contributed by atoms with Crippen molar-refractivity contribution in [2.24, 2.45) is 0 Å². The molecular weight excluding hydrogens is 244 g/mol. The fourth-order valence-electron chi connectivity index (χ4n) is 2.37. The van der Waals surface area contributed by atoms with E-state index in [2.05, 4.69) is 18.2 Å². The summed E-state index contributed by atoms with van der Waals surface area (Å²) in [7, 11) is 0. The molecule has 18 heavy (non-hydrogen) atoms. The molecule has 0 radical (unpaired) electrons. The molecule has 90 valence electrons. The van der Waals surface area contributed by atoms with Crippen molar-refractivity contribution in [1.29, 1.82) is 0 Å². The van der Waals surface area contributed by atoms with Crippen molar-refractivity contribution in [3.05, 3.63) is 69.7 Å². The number of hydrogen-bond acceptors (Lipinski definition) is 1. The normalized spacial score (nSPS) is 19.3. The van der Waals surface area contributed by atoms with Crippen LogP contribution in [0.1, 0.15) is 28.4 Å². The molecule has 1 N–H and O–H groups in total. The summed E-state index contributed by atoms with van der Waals surface area (Å²) in [6.45, 7) is 0. The maximum Gasteiger partial charge on any atom is 0.0836 e. The van der Waals surface area contributed by atoms with Crippen LogP contribution in [0.15, 0.2) is 42.5 Å². The van der Waals surface area contributed by atoms with Gasteiger partial charge in [-0.3, -0.25) is 0 Å². The molecule has 2 heteroatoms. The lowest BCUT2D eigenvalue weighted by atomic mass is 9.91. The van der Waals surface area contributed by atoms with E-state index in [0.717, 1.165) is 16.7 Å². The van der Waals surface area contributed by atoms with Gasteiger partial charge in [-0.2, -0.15) is 0 Å². The van der Waals surface area contributed by atoms with Crippen molar-refractivity contribution in [2.75, 3.05) is 0 Å². The highest BCUT2D eigenvalue weighted by atomic mass is 35.5. The van der Waals surface area contributed by atoms with Gasteiger partial charge in [0.2, 0.25) is 0 Å². The average Bonchev–Trinajstić information content (AvgIpc) is 2.36. The Morgan fingerprint density at radius 1 is 1.00 bits per heavy atom. The zero-order valence-electron chi connectivity index (χ0n) is 9.81. The fourth-order valence-corrected chi connectivity index (χ4v) is 2.55. The monoisotopic (exact) mass is 256 g/mol. The summed E-state index contributed by atoms with van der Waals surface area (Å²) in [5.41, 5.74) is 4.25. The molecule has 2 aromatic rings. The molecule has 1 nitrogen and oxygen atoms in total. The summed E-state index contributed by atoms with van der Waals surface area (Å²) in [6.07, 6.45) is 4.25. The number of benzene rings is 2.